The number of allylic oxidation sites excluding steroid dienone is 2. The second-order valence-electron chi connectivity index (χ2n) is 10.8. The number of halogens is 1. The number of nitrogens with zero attached hydrogens (tertiary/aromatic N) is 6. The van der Waals surface area contributed by atoms with Gasteiger partial charge in [-0.05, 0) is 60.1 Å². The minimum atomic E-state index is -0.636. The molecule has 6 N–H and O–H groups in total. The molecule has 15 nitrogen and oxygen atoms in total. The number of nitrogens with one attached hydrogen (secondary N) is 2. The van der Waals surface area contributed by atoms with Crippen LogP contribution in [0.5, 0.6) is 5.75 Å². The number of imidazole rings is 2. The Balaban J connectivity index is 1.54. The molecule has 0 unspecified atom stereocenters. The van der Waals surface area contributed by atoms with Crippen LogP contribution in [-0.2, 0) is 24.4 Å². The summed E-state index contributed by atoms with van der Waals surface area (Å²) < 4.78 is 17.3. The van der Waals surface area contributed by atoms with Gasteiger partial charge >= 0.3 is 0 Å². The molecule has 0 saturated carbocycles. The molecule has 3 heterocycles. The van der Waals surface area contributed by atoms with E-state index in [-0.39, 0.29) is 24.0 Å². The fourth-order valence-electron chi connectivity index (χ4n) is 5.36. The minimum Gasteiger partial charge on any atom is -0.491 e. The summed E-state index contributed by atoms with van der Waals surface area (Å²) in [6.07, 6.45) is 4.48. The van der Waals surface area contributed by atoms with Crippen LogP contribution in [0.3, 0.4) is 0 Å². The topological polar surface area (TPSA) is 199 Å². The number of primary amides is 2. The number of fused-ring (bicyclic) bond motifs is 2. The predicted molar refractivity (Wildman–Crippen MR) is 185 cm³/mol. The first-order chi connectivity index (χ1) is 23.1. The highest BCUT2D eigenvalue weighted by Gasteiger charge is 2.22. The van der Waals surface area contributed by atoms with Gasteiger partial charge in [-0.25, -0.2) is 9.97 Å². The van der Waals surface area contributed by atoms with E-state index in [2.05, 4.69) is 36.6 Å². The van der Waals surface area contributed by atoms with Crippen LogP contribution in [0.15, 0.2) is 47.0 Å². The Hall–Kier alpha value is -5.22. The number of ether oxygens (including phenoxy) is 2. The third kappa shape index (κ3) is 7.03. The van der Waals surface area contributed by atoms with Crippen molar-refractivity contribution in [1.29, 1.82) is 0 Å². The molecule has 0 aliphatic carbocycles. The number of aryl methyl sites for hydroxylation is 2. The van der Waals surface area contributed by atoms with Crippen LogP contribution >= 0.6 is 15.9 Å². The number of carbonyl (C=O) groups excluding carboxylic acids is 3. The first-order valence-corrected chi connectivity index (χ1v) is 16.0. The summed E-state index contributed by atoms with van der Waals surface area (Å²) in [6, 6.07) is 8.18. The zero-order chi connectivity index (χ0) is 34.5. The highest BCUT2D eigenvalue weighted by atomic mass is 79.9. The van der Waals surface area contributed by atoms with E-state index in [0.717, 1.165) is 5.52 Å². The van der Waals surface area contributed by atoms with Gasteiger partial charge in [0.15, 0.2) is 0 Å². The lowest BCUT2D eigenvalue weighted by molar-refractivity contribution is 0.0991. The van der Waals surface area contributed by atoms with Crippen molar-refractivity contribution >= 4 is 67.6 Å². The first kappa shape index (κ1) is 34.1. The molecule has 0 saturated heterocycles. The summed E-state index contributed by atoms with van der Waals surface area (Å²) in [5, 5.41) is 10.4. The number of methoxy groups -OCH3 is 1. The van der Waals surface area contributed by atoms with Gasteiger partial charge in [-0.3, -0.25) is 24.4 Å². The van der Waals surface area contributed by atoms with E-state index in [1.807, 2.05) is 30.6 Å². The highest BCUT2D eigenvalue weighted by Crippen LogP contribution is 2.32. The summed E-state index contributed by atoms with van der Waals surface area (Å²) in [6.45, 7) is 5.72. The summed E-state index contributed by atoms with van der Waals surface area (Å²) in [4.78, 5) is 46.9. The molecule has 5 aromatic rings. The van der Waals surface area contributed by atoms with Crippen molar-refractivity contribution in [2.45, 2.75) is 39.9 Å². The summed E-state index contributed by atoms with van der Waals surface area (Å²) in [5.41, 5.74) is 15.2. The first-order valence-electron chi connectivity index (χ1n) is 15.2. The van der Waals surface area contributed by atoms with Gasteiger partial charge in [0.1, 0.15) is 17.0 Å². The molecule has 0 aliphatic rings. The smallest absolute Gasteiger partial charge is 0.276 e. The molecule has 0 atom stereocenters. The normalized spacial score (nSPS) is 11.5. The largest absolute Gasteiger partial charge is 0.491 e. The SMILES string of the molecule is CCn1nc(C)cc1C(=O)Nc1nc2cc(C(N)=O)cc(OCCCOC)c2n1C/C=C/Cn1c(NC)nc2cc(C(N)=O)cc(Br)c21. The maximum atomic E-state index is 13.5. The number of amides is 3. The van der Waals surface area contributed by atoms with Crippen LogP contribution in [0, 0.1) is 6.92 Å². The van der Waals surface area contributed by atoms with E-state index in [1.165, 1.54) is 0 Å². The Kier molecular flexibility index (Phi) is 10.4. The number of aromatic nitrogens is 6. The van der Waals surface area contributed by atoms with Crippen molar-refractivity contribution < 1.29 is 23.9 Å². The molecule has 0 radical (unpaired) electrons. The molecule has 48 heavy (non-hydrogen) atoms. The standard InChI is InChI=1S/C32H37BrN10O5/c1-5-43-24(13-18(2)40-43)30(46)39-32-38-23-16-20(29(35)45)17-25(48-12-8-11-47-4)27(23)42(32)10-7-6-9-41-26-21(33)14-19(28(34)44)15-22(26)37-31(41)36-3/h6-7,13-17H,5,8-12H2,1-4H3,(H2,34,44)(H2,35,45)(H,36,37)(H,38,39,46)/b7-6+. The maximum Gasteiger partial charge on any atom is 0.276 e. The number of nitrogens with two attached hydrogens (primary N) is 2. The van der Waals surface area contributed by atoms with Gasteiger partial charge in [-0.15, -0.1) is 0 Å². The molecule has 16 heteroatoms. The van der Waals surface area contributed by atoms with E-state index >= 15 is 0 Å². The molecule has 3 amide bonds. The molecule has 5 rings (SSSR count). The minimum absolute atomic E-state index is 0.221. The number of hydrogen-bond acceptors (Lipinski definition) is 9. The Morgan fingerprint density at radius 2 is 1.54 bits per heavy atom. The quantitative estimate of drug-likeness (QED) is 0.0917. The van der Waals surface area contributed by atoms with Crippen LogP contribution in [-0.4, -0.2) is 74.0 Å². The Morgan fingerprint density at radius 3 is 2.17 bits per heavy atom. The second-order valence-corrected chi connectivity index (χ2v) is 11.7. The lowest BCUT2D eigenvalue weighted by Crippen LogP contribution is -2.20. The average Bonchev–Trinajstić information content (AvgIpc) is 3.73. The number of rotatable bonds is 15. The Bertz CT molecular complexity index is 2040. The van der Waals surface area contributed by atoms with Gasteiger partial charge in [-0.2, -0.15) is 5.10 Å². The monoisotopic (exact) mass is 720 g/mol. The zero-order valence-electron chi connectivity index (χ0n) is 27.0. The van der Waals surface area contributed by atoms with Gasteiger partial charge in [0.2, 0.25) is 23.7 Å². The van der Waals surface area contributed by atoms with Crippen molar-refractivity contribution in [3.05, 3.63) is 69.5 Å². The number of hydrogen-bond donors (Lipinski definition) is 4. The van der Waals surface area contributed by atoms with E-state index < -0.39 is 11.8 Å². The number of benzene rings is 2. The highest BCUT2D eigenvalue weighted by molar-refractivity contribution is 9.10. The van der Waals surface area contributed by atoms with Crippen LogP contribution in [0.2, 0.25) is 0 Å². The number of carbonyl (C=O) groups is 3. The van der Waals surface area contributed by atoms with Crippen molar-refractivity contribution in [3.63, 3.8) is 0 Å². The molecular formula is C32H37BrN10O5. The van der Waals surface area contributed by atoms with E-state index in [4.69, 9.17) is 25.9 Å². The van der Waals surface area contributed by atoms with Gasteiger partial charge in [0.05, 0.1) is 28.9 Å². The van der Waals surface area contributed by atoms with E-state index in [0.29, 0.717) is 82.4 Å². The lowest BCUT2D eigenvalue weighted by Gasteiger charge is -2.13. The molecule has 0 bridgehead atoms. The fourth-order valence-corrected chi connectivity index (χ4v) is 6.03. The van der Waals surface area contributed by atoms with Gasteiger partial charge in [-0.1, -0.05) is 12.2 Å². The molecule has 252 valence electrons. The lowest BCUT2D eigenvalue weighted by atomic mass is 10.1. The third-order valence-electron chi connectivity index (χ3n) is 7.55. The molecule has 0 aliphatic heterocycles. The third-order valence-corrected chi connectivity index (χ3v) is 8.15. The molecule has 2 aromatic carbocycles. The summed E-state index contributed by atoms with van der Waals surface area (Å²) in [7, 11) is 3.37. The second kappa shape index (κ2) is 14.7. The molecular weight excluding hydrogens is 684 g/mol. The summed E-state index contributed by atoms with van der Waals surface area (Å²) in [5.74, 6) is -0.350. The predicted octanol–water partition coefficient (Wildman–Crippen LogP) is 3.84. The number of anilines is 2. The average molecular weight is 722 g/mol. The van der Waals surface area contributed by atoms with E-state index in [1.54, 1.807) is 53.7 Å². The van der Waals surface area contributed by atoms with Gasteiger partial charge < -0.3 is 35.4 Å². The van der Waals surface area contributed by atoms with Crippen molar-refractivity contribution in [1.82, 2.24) is 28.9 Å². The van der Waals surface area contributed by atoms with Crippen molar-refractivity contribution in [2.75, 3.05) is 38.0 Å². The van der Waals surface area contributed by atoms with Gasteiger partial charge in [0.25, 0.3) is 5.91 Å². The summed E-state index contributed by atoms with van der Waals surface area (Å²) >= 11 is 3.56. The van der Waals surface area contributed by atoms with Crippen molar-refractivity contribution in [2.24, 2.45) is 11.5 Å². The van der Waals surface area contributed by atoms with Crippen molar-refractivity contribution in [3.8, 4) is 5.75 Å². The van der Waals surface area contributed by atoms with E-state index in [9.17, 15) is 14.4 Å². The Labute approximate surface area is 284 Å². The zero-order valence-corrected chi connectivity index (χ0v) is 28.6. The van der Waals surface area contributed by atoms with Crippen LogP contribution in [0.4, 0.5) is 11.9 Å². The molecule has 0 spiro atoms. The van der Waals surface area contributed by atoms with Gasteiger partial charge in [0, 0.05) is 62.4 Å². The van der Waals surface area contributed by atoms with Crippen LogP contribution < -0.4 is 26.8 Å². The fraction of sp³-hybridized carbons (Fsp3) is 0.312. The Morgan fingerprint density at radius 1 is 0.917 bits per heavy atom. The van der Waals surface area contributed by atoms with Crippen LogP contribution in [0.25, 0.3) is 22.1 Å². The molecule has 0 fully saturated rings. The van der Waals surface area contributed by atoms with Crippen LogP contribution in [0.1, 0.15) is 50.2 Å². The molecule has 3 aromatic heterocycles. The maximum absolute atomic E-state index is 13.5.